The molecule has 4 heterocycles. The summed E-state index contributed by atoms with van der Waals surface area (Å²) < 4.78 is 56.2. The van der Waals surface area contributed by atoms with E-state index >= 15 is 4.39 Å². The van der Waals surface area contributed by atoms with Crippen LogP contribution in [0, 0.1) is 11.3 Å². The standard InChI is InChI=1S/C33H37ClFN10O6P/c1-19(2)49-30(46)20(3)42-52(47,51-22-13-9-6-10-14-22)48-17-23-32(4,15-24-40-43-44-41-24)26-27(33(26,35)50-23)45-18-37-25-28(38-31(34)39-29(25)45)36-16-21-11-7-5-8-12-21/h5-14,18-20,23,26-27H,15-17H2,1-4H3,(H,42,47)(H,36,38,39)(H,40,41,43,44)/t20-,23+,26?,27-,32?,33?,52?/m0/s1. The topological polar surface area (TPSA) is 193 Å². The van der Waals surface area contributed by atoms with Crippen molar-refractivity contribution >= 4 is 42.3 Å². The number of tetrazole rings is 1. The zero-order chi connectivity index (χ0) is 36.7. The molecule has 1 aliphatic carbocycles. The van der Waals surface area contributed by atoms with Crippen LogP contribution in [0.4, 0.5) is 10.2 Å². The maximum Gasteiger partial charge on any atom is 0.459 e. The van der Waals surface area contributed by atoms with Crippen molar-refractivity contribution in [3.05, 3.63) is 83.7 Å². The molecule has 0 spiro atoms. The molecule has 0 bridgehead atoms. The van der Waals surface area contributed by atoms with E-state index in [1.165, 1.54) is 13.3 Å². The summed E-state index contributed by atoms with van der Waals surface area (Å²) >= 11 is 6.37. The minimum Gasteiger partial charge on any atom is -0.462 e. The van der Waals surface area contributed by atoms with Gasteiger partial charge in [-0.2, -0.15) is 15.1 Å². The summed E-state index contributed by atoms with van der Waals surface area (Å²) in [5, 5.41) is 20.0. The second-order valence-corrected chi connectivity index (χ2v) is 15.3. The van der Waals surface area contributed by atoms with E-state index in [-0.39, 0.29) is 24.1 Å². The van der Waals surface area contributed by atoms with Crippen molar-refractivity contribution in [2.75, 3.05) is 11.9 Å². The average Bonchev–Trinajstić information content (AvgIpc) is 3.49. The highest BCUT2D eigenvalue weighted by molar-refractivity contribution is 7.52. The van der Waals surface area contributed by atoms with Crippen molar-refractivity contribution < 1.29 is 32.3 Å². The van der Waals surface area contributed by atoms with Gasteiger partial charge in [0.05, 0.1) is 31.1 Å². The lowest BCUT2D eigenvalue weighted by molar-refractivity contribution is -0.149. The third-order valence-electron chi connectivity index (χ3n) is 9.16. The van der Waals surface area contributed by atoms with Gasteiger partial charge in [0.2, 0.25) is 11.1 Å². The fourth-order valence-corrected chi connectivity index (χ4v) is 8.39. The van der Waals surface area contributed by atoms with Crippen LogP contribution in [-0.2, 0) is 36.3 Å². The molecule has 5 aromatic rings. The lowest BCUT2D eigenvalue weighted by Crippen LogP contribution is -2.41. The van der Waals surface area contributed by atoms with E-state index < -0.39 is 55.2 Å². The number of anilines is 1. The SMILES string of the molecule is CC(C)OC(=O)[C@H](C)NP(=O)(OC[C@H]1OC2(F)C([C@@H]2n2cnc3c(NCc4ccccc4)nc(Cl)nc32)C1(C)Cc1nnn[nH]1)Oc1ccccc1. The van der Waals surface area contributed by atoms with Gasteiger partial charge < -0.3 is 23.9 Å². The third kappa shape index (κ3) is 7.11. The van der Waals surface area contributed by atoms with E-state index in [2.05, 4.69) is 46.0 Å². The highest BCUT2D eigenvalue weighted by atomic mass is 35.5. The molecule has 7 rings (SSSR count). The number of benzene rings is 2. The van der Waals surface area contributed by atoms with Crippen LogP contribution >= 0.6 is 19.3 Å². The monoisotopic (exact) mass is 754 g/mol. The molecule has 1 saturated carbocycles. The number of fused-ring (bicyclic) bond motifs is 2. The summed E-state index contributed by atoms with van der Waals surface area (Å²) in [6, 6.07) is 16.1. The number of alkyl halides is 1. The minimum atomic E-state index is -4.29. The molecule has 2 fully saturated rings. The fourth-order valence-electron chi connectivity index (χ4n) is 6.74. The number of ether oxygens (including phenoxy) is 2. The molecule has 0 amide bonds. The largest absolute Gasteiger partial charge is 0.462 e. The number of halogens is 2. The molecule has 1 aliphatic heterocycles. The molecule has 19 heteroatoms. The van der Waals surface area contributed by atoms with E-state index in [1.807, 2.05) is 37.3 Å². The molecular weight excluding hydrogens is 718 g/mol. The molecule has 16 nitrogen and oxygen atoms in total. The van der Waals surface area contributed by atoms with Gasteiger partial charge in [-0.05, 0) is 60.5 Å². The Hall–Kier alpha value is -4.54. The summed E-state index contributed by atoms with van der Waals surface area (Å²) in [6.07, 6.45) is 0.245. The van der Waals surface area contributed by atoms with Crippen molar-refractivity contribution in [3.8, 4) is 5.75 Å². The zero-order valence-electron chi connectivity index (χ0n) is 28.6. The van der Waals surface area contributed by atoms with E-state index in [4.69, 9.17) is 30.1 Å². The molecule has 2 aromatic carbocycles. The first-order valence-electron chi connectivity index (χ1n) is 16.6. The van der Waals surface area contributed by atoms with Crippen LogP contribution in [0.25, 0.3) is 11.2 Å². The van der Waals surface area contributed by atoms with Crippen molar-refractivity contribution in [1.29, 1.82) is 0 Å². The summed E-state index contributed by atoms with van der Waals surface area (Å²) in [7, 11) is -4.29. The molecule has 7 atom stereocenters. The van der Waals surface area contributed by atoms with Crippen LogP contribution in [0.1, 0.15) is 45.1 Å². The Morgan fingerprint density at radius 1 is 1.13 bits per heavy atom. The first-order valence-corrected chi connectivity index (χ1v) is 18.6. The van der Waals surface area contributed by atoms with Crippen LogP contribution in [0.3, 0.4) is 0 Å². The lowest BCUT2D eigenvalue weighted by atomic mass is 9.77. The van der Waals surface area contributed by atoms with Crippen LogP contribution in [0.2, 0.25) is 5.28 Å². The second-order valence-electron chi connectivity index (χ2n) is 13.3. The number of esters is 1. The zero-order valence-corrected chi connectivity index (χ0v) is 30.3. The van der Waals surface area contributed by atoms with Gasteiger partial charge in [-0.25, -0.2) is 19.0 Å². The van der Waals surface area contributed by atoms with E-state index in [9.17, 15) is 9.36 Å². The summed E-state index contributed by atoms with van der Waals surface area (Å²) in [5.74, 6) is -2.66. The highest BCUT2D eigenvalue weighted by Gasteiger charge is 2.82. The molecule has 4 unspecified atom stereocenters. The normalized spacial score (nSPS) is 25.4. The summed E-state index contributed by atoms with van der Waals surface area (Å²) in [4.78, 5) is 25.9. The van der Waals surface area contributed by atoms with Crippen LogP contribution < -0.4 is 14.9 Å². The number of rotatable bonds is 15. The molecular formula is C33H37ClFN10O6P. The van der Waals surface area contributed by atoms with Gasteiger partial charge in [-0.15, -0.1) is 5.10 Å². The van der Waals surface area contributed by atoms with Crippen LogP contribution in [0.5, 0.6) is 5.75 Å². The number of hydrogen-bond donors (Lipinski definition) is 3. The van der Waals surface area contributed by atoms with E-state index in [0.717, 1.165) is 5.56 Å². The Kier molecular flexibility index (Phi) is 9.73. The molecule has 1 saturated heterocycles. The Bertz CT molecular complexity index is 2080. The van der Waals surface area contributed by atoms with Gasteiger partial charge in [0.15, 0.2) is 17.0 Å². The predicted octanol–water partition coefficient (Wildman–Crippen LogP) is 5.22. The number of aromatic nitrogens is 8. The molecule has 52 heavy (non-hydrogen) atoms. The number of imidazole rings is 1. The Morgan fingerprint density at radius 3 is 2.56 bits per heavy atom. The summed E-state index contributed by atoms with van der Waals surface area (Å²) in [6.45, 7) is 6.76. The number of aromatic amines is 1. The van der Waals surface area contributed by atoms with Gasteiger partial charge in [-0.1, -0.05) is 55.5 Å². The van der Waals surface area contributed by atoms with Crippen LogP contribution in [-0.4, -0.2) is 76.8 Å². The van der Waals surface area contributed by atoms with Gasteiger partial charge in [0.1, 0.15) is 23.7 Å². The van der Waals surface area contributed by atoms with Gasteiger partial charge in [0.25, 0.3) is 0 Å². The lowest BCUT2D eigenvalue weighted by Gasteiger charge is -2.34. The predicted molar refractivity (Wildman–Crippen MR) is 186 cm³/mol. The molecule has 2 aliphatic rings. The first-order chi connectivity index (χ1) is 24.9. The summed E-state index contributed by atoms with van der Waals surface area (Å²) in [5.41, 5.74) is 0.703. The minimum absolute atomic E-state index is 0.0422. The number of carbonyl (C=O) groups is 1. The smallest absolute Gasteiger partial charge is 0.459 e. The van der Waals surface area contributed by atoms with Gasteiger partial charge in [0, 0.05) is 18.4 Å². The second kappa shape index (κ2) is 14.1. The highest BCUT2D eigenvalue weighted by Crippen LogP contribution is 2.73. The number of H-pyrrole nitrogens is 1. The Labute approximate surface area is 302 Å². The number of hydrogen-bond acceptors (Lipinski definition) is 13. The van der Waals surface area contributed by atoms with Crippen molar-refractivity contribution in [1.82, 2.24) is 45.2 Å². The quantitative estimate of drug-likeness (QED) is 0.0715. The maximum atomic E-state index is 17.1. The van der Waals surface area contributed by atoms with Crippen molar-refractivity contribution in [3.63, 3.8) is 0 Å². The Balaban J connectivity index is 1.15. The third-order valence-corrected chi connectivity index (χ3v) is 11.0. The molecule has 3 aromatic heterocycles. The molecule has 274 valence electrons. The number of carbonyl (C=O) groups excluding carboxylic acids is 1. The van der Waals surface area contributed by atoms with E-state index in [0.29, 0.717) is 29.4 Å². The van der Waals surface area contributed by atoms with Crippen molar-refractivity contribution in [2.24, 2.45) is 11.3 Å². The van der Waals surface area contributed by atoms with Crippen molar-refractivity contribution in [2.45, 2.75) is 70.8 Å². The van der Waals surface area contributed by atoms with Gasteiger partial charge in [-0.3, -0.25) is 9.32 Å². The van der Waals surface area contributed by atoms with E-state index in [1.54, 1.807) is 48.7 Å². The fraction of sp³-hybridized carbons (Fsp3) is 0.424. The number of para-hydroxylation sites is 1. The van der Waals surface area contributed by atoms with Crippen LogP contribution in [0.15, 0.2) is 67.0 Å². The Morgan fingerprint density at radius 2 is 1.87 bits per heavy atom. The van der Waals surface area contributed by atoms with Gasteiger partial charge >= 0.3 is 13.7 Å². The first kappa shape index (κ1) is 35.8. The molecule has 0 radical (unpaired) electrons. The average molecular weight is 755 g/mol. The molecule has 3 N–H and O–H groups in total. The number of nitrogens with one attached hydrogen (secondary N) is 3. The maximum absolute atomic E-state index is 17.1. The number of nitrogens with zero attached hydrogens (tertiary/aromatic N) is 7.